The van der Waals surface area contributed by atoms with Gasteiger partial charge in [0, 0.05) is 30.1 Å². The number of hydrogen-bond donors (Lipinski definition) is 1. The van der Waals surface area contributed by atoms with Crippen LogP contribution in [0.4, 0.5) is 6.01 Å². The van der Waals surface area contributed by atoms with Crippen molar-refractivity contribution in [1.29, 1.82) is 0 Å². The Morgan fingerprint density at radius 3 is 2.71 bits per heavy atom. The van der Waals surface area contributed by atoms with E-state index in [4.69, 9.17) is 36.9 Å². The van der Waals surface area contributed by atoms with Crippen LogP contribution in [-0.4, -0.2) is 40.4 Å². The molecule has 7 rings (SSSR count). The molecular formula is C28H25Cl2N3O5. The molecule has 0 radical (unpaired) electrons. The van der Waals surface area contributed by atoms with Crippen LogP contribution in [0.15, 0.2) is 45.3 Å². The van der Waals surface area contributed by atoms with Gasteiger partial charge < -0.3 is 23.7 Å². The second-order valence-electron chi connectivity index (χ2n) is 10.7. The van der Waals surface area contributed by atoms with Gasteiger partial charge in [-0.15, -0.1) is 0 Å². The lowest BCUT2D eigenvalue weighted by atomic mass is 9.66. The van der Waals surface area contributed by atoms with Crippen molar-refractivity contribution in [2.45, 2.75) is 50.7 Å². The van der Waals surface area contributed by atoms with E-state index in [1.54, 1.807) is 12.1 Å². The lowest BCUT2D eigenvalue weighted by Crippen LogP contribution is -2.44. The minimum Gasteiger partial charge on any atom is -0.478 e. The quantitative estimate of drug-likeness (QED) is 0.262. The highest BCUT2D eigenvalue weighted by atomic mass is 35.5. The zero-order chi connectivity index (χ0) is 26.0. The third-order valence-electron chi connectivity index (χ3n) is 8.08. The molecule has 1 aliphatic heterocycles. The Labute approximate surface area is 228 Å². The highest BCUT2D eigenvalue weighted by molar-refractivity contribution is 6.39. The van der Waals surface area contributed by atoms with Crippen LogP contribution >= 0.6 is 23.2 Å². The summed E-state index contributed by atoms with van der Waals surface area (Å²) in [5.74, 6) is 0.289. The van der Waals surface area contributed by atoms with Crippen molar-refractivity contribution in [3.05, 3.63) is 63.3 Å². The average Bonchev–Trinajstić information content (AvgIpc) is 3.29. The van der Waals surface area contributed by atoms with Gasteiger partial charge in [-0.1, -0.05) is 34.4 Å². The van der Waals surface area contributed by atoms with E-state index in [9.17, 15) is 9.90 Å². The van der Waals surface area contributed by atoms with E-state index < -0.39 is 5.97 Å². The predicted molar refractivity (Wildman–Crippen MR) is 142 cm³/mol. The summed E-state index contributed by atoms with van der Waals surface area (Å²) in [6.45, 7) is 2.10. The zero-order valence-corrected chi connectivity index (χ0v) is 22.0. The molecule has 2 saturated carbocycles. The first-order valence-corrected chi connectivity index (χ1v) is 13.6. The normalized spacial score (nSPS) is 22.9. The fourth-order valence-electron chi connectivity index (χ4n) is 5.89. The van der Waals surface area contributed by atoms with Crippen molar-refractivity contribution < 1.29 is 23.6 Å². The van der Waals surface area contributed by atoms with Gasteiger partial charge in [-0.25, -0.2) is 4.79 Å². The molecule has 0 atom stereocenters. The Bertz CT molecular complexity index is 1530. The number of fused-ring (bicyclic) bond motifs is 1. The lowest BCUT2D eigenvalue weighted by molar-refractivity contribution is -0.0797. The number of aromatic carboxylic acids is 1. The van der Waals surface area contributed by atoms with Crippen LogP contribution in [0.25, 0.3) is 22.4 Å². The smallest absolute Gasteiger partial charge is 0.335 e. The molecule has 2 aliphatic carbocycles. The molecule has 0 bridgehead atoms. The maximum Gasteiger partial charge on any atom is 0.335 e. The molecule has 2 aromatic carbocycles. The third kappa shape index (κ3) is 4.15. The Hall–Kier alpha value is -3.07. The van der Waals surface area contributed by atoms with Crippen molar-refractivity contribution in [2.24, 2.45) is 5.41 Å². The van der Waals surface area contributed by atoms with E-state index in [-0.39, 0.29) is 17.1 Å². The molecule has 1 saturated heterocycles. The molecule has 3 fully saturated rings. The number of nitrogens with zero attached hydrogens (tertiary/aromatic N) is 3. The molecule has 196 valence electrons. The summed E-state index contributed by atoms with van der Waals surface area (Å²) < 4.78 is 18.1. The van der Waals surface area contributed by atoms with E-state index in [0.29, 0.717) is 50.9 Å². The lowest BCUT2D eigenvalue weighted by Gasteiger charge is -2.44. The first-order chi connectivity index (χ1) is 18.4. The zero-order valence-electron chi connectivity index (χ0n) is 20.5. The first kappa shape index (κ1) is 24.0. The van der Waals surface area contributed by atoms with Gasteiger partial charge in [-0.2, -0.15) is 4.98 Å². The van der Waals surface area contributed by atoms with E-state index in [1.807, 2.05) is 18.2 Å². The van der Waals surface area contributed by atoms with Gasteiger partial charge in [0.1, 0.15) is 17.0 Å². The number of benzene rings is 2. The Kier molecular flexibility index (Phi) is 5.69. The highest BCUT2D eigenvalue weighted by Crippen LogP contribution is 2.51. The number of aromatic nitrogens is 2. The van der Waals surface area contributed by atoms with Crippen molar-refractivity contribution in [3.8, 4) is 11.3 Å². The number of ether oxygens (including phenoxy) is 1. The molecule has 0 unspecified atom stereocenters. The average molecular weight is 554 g/mol. The van der Waals surface area contributed by atoms with Crippen LogP contribution in [0.1, 0.15) is 59.7 Å². The van der Waals surface area contributed by atoms with Crippen LogP contribution in [0.3, 0.4) is 0 Å². The predicted octanol–water partition coefficient (Wildman–Crippen LogP) is 6.94. The van der Waals surface area contributed by atoms with Gasteiger partial charge in [-0.05, 0) is 67.9 Å². The monoisotopic (exact) mass is 553 g/mol. The van der Waals surface area contributed by atoms with Gasteiger partial charge in [0.2, 0.25) is 0 Å². The van der Waals surface area contributed by atoms with E-state index in [2.05, 4.69) is 15.0 Å². The molecule has 2 aromatic heterocycles. The van der Waals surface area contributed by atoms with Crippen LogP contribution < -0.4 is 4.90 Å². The van der Waals surface area contributed by atoms with E-state index in [0.717, 1.165) is 56.5 Å². The molecule has 10 heteroatoms. The largest absolute Gasteiger partial charge is 0.478 e. The molecule has 3 heterocycles. The maximum absolute atomic E-state index is 11.3. The number of halogens is 2. The summed E-state index contributed by atoms with van der Waals surface area (Å²) in [4.78, 5) is 18.0. The van der Waals surface area contributed by atoms with Gasteiger partial charge >= 0.3 is 5.97 Å². The van der Waals surface area contributed by atoms with Crippen LogP contribution in [0.2, 0.25) is 10.0 Å². The molecule has 8 nitrogen and oxygen atoms in total. The second-order valence-corrected chi connectivity index (χ2v) is 11.6. The summed E-state index contributed by atoms with van der Waals surface area (Å²) in [6, 6.07) is 10.7. The molecular weight excluding hydrogens is 529 g/mol. The molecule has 0 amide bonds. The topological polar surface area (TPSA) is 102 Å². The van der Waals surface area contributed by atoms with Gasteiger partial charge in [0.25, 0.3) is 6.01 Å². The van der Waals surface area contributed by atoms with Crippen LogP contribution in [0, 0.1) is 5.41 Å². The standard InChI is InChI=1S/C28H25Cl2N3O5/c29-19-2-1-3-20(30)23(19)24-18(25(38-32-24)15-4-5-15)13-36-17-11-28(12-17)8-9-33(14-28)27-31-21-7-6-16(26(34)35)10-22(21)37-27/h1-3,6-7,10,15,17H,4-5,8-9,11-14H2,(H,34,35). The number of oxazole rings is 1. The number of hydrogen-bond acceptors (Lipinski definition) is 7. The van der Waals surface area contributed by atoms with Gasteiger partial charge in [0.15, 0.2) is 5.58 Å². The Morgan fingerprint density at radius 1 is 1.18 bits per heavy atom. The van der Waals surface area contributed by atoms with Crippen molar-refractivity contribution in [2.75, 3.05) is 18.0 Å². The number of carboxylic acids is 1. The summed E-state index contributed by atoms with van der Waals surface area (Å²) >= 11 is 13.0. The third-order valence-corrected chi connectivity index (χ3v) is 8.71. The first-order valence-electron chi connectivity index (χ1n) is 12.8. The molecule has 38 heavy (non-hydrogen) atoms. The maximum atomic E-state index is 11.3. The minimum absolute atomic E-state index is 0.147. The number of carbonyl (C=O) groups is 1. The van der Waals surface area contributed by atoms with E-state index >= 15 is 0 Å². The summed E-state index contributed by atoms with van der Waals surface area (Å²) in [5, 5.41) is 14.7. The van der Waals surface area contributed by atoms with Crippen molar-refractivity contribution >= 4 is 46.3 Å². The second kappa shape index (κ2) is 9.00. The highest BCUT2D eigenvalue weighted by Gasteiger charge is 2.50. The summed E-state index contributed by atoms with van der Waals surface area (Å²) in [7, 11) is 0. The molecule has 3 aliphatic rings. The van der Waals surface area contributed by atoms with Crippen molar-refractivity contribution in [1.82, 2.24) is 10.1 Å². The van der Waals surface area contributed by atoms with E-state index in [1.165, 1.54) is 6.07 Å². The number of anilines is 1. The Balaban J connectivity index is 1.03. The van der Waals surface area contributed by atoms with Gasteiger partial charge in [0.05, 0.1) is 28.3 Å². The summed E-state index contributed by atoms with van der Waals surface area (Å²) in [6.07, 6.45) is 5.28. The molecule has 4 aromatic rings. The minimum atomic E-state index is -0.983. The van der Waals surface area contributed by atoms with Gasteiger partial charge in [-0.3, -0.25) is 0 Å². The van der Waals surface area contributed by atoms with Crippen LogP contribution in [0.5, 0.6) is 0 Å². The SMILES string of the molecule is O=C(O)c1ccc2nc(N3CCC4(CC(OCc5c(-c6c(Cl)cccc6Cl)noc5C5CC5)C4)C3)oc2c1. The fourth-order valence-corrected chi connectivity index (χ4v) is 6.46. The molecule has 1 spiro atoms. The van der Waals surface area contributed by atoms with Crippen LogP contribution in [-0.2, 0) is 11.3 Å². The molecule has 1 N–H and O–H groups in total. The summed E-state index contributed by atoms with van der Waals surface area (Å²) in [5.41, 5.74) is 3.82. The number of carboxylic acid groups (broad SMARTS) is 1. The fraction of sp³-hybridized carbons (Fsp3) is 0.393. The Morgan fingerprint density at radius 2 is 1.97 bits per heavy atom. The number of rotatable bonds is 7. The van der Waals surface area contributed by atoms with Crippen molar-refractivity contribution in [3.63, 3.8) is 0 Å².